The lowest BCUT2D eigenvalue weighted by molar-refractivity contribution is -0.138. The Hall–Kier alpha value is -2.44. The van der Waals surface area contributed by atoms with Crippen LogP contribution in [-0.2, 0) is 11.2 Å². The monoisotopic (exact) mass is 399 g/mol. The van der Waals surface area contributed by atoms with Crippen molar-refractivity contribution in [1.82, 2.24) is 15.0 Å². The Morgan fingerprint density at radius 1 is 1.21 bits per heavy atom. The van der Waals surface area contributed by atoms with Gasteiger partial charge in [-0.05, 0) is 49.5 Å². The quantitative estimate of drug-likeness (QED) is 0.816. The largest absolute Gasteiger partial charge is 0.481 e. The molecule has 0 unspecified atom stereocenters. The van der Waals surface area contributed by atoms with E-state index in [1.54, 1.807) is 0 Å². The average Bonchev–Trinajstić information content (AvgIpc) is 3.42. The van der Waals surface area contributed by atoms with Crippen molar-refractivity contribution < 1.29 is 19.2 Å². The van der Waals surface area contributed by atoms with Gasteiger partial charge in [0.1, 0.15) is 0 Å². The number of carboxylic acids is 1. The SMILES string of the molecule is CC(C)(C)Cc1noc2nc(C3CC3)cc(C(=O)N3CCC(CC(=O)O)CC3)c12. The second kappa shape index (κ2) is 7.43. The molecule has 1 saturated heterocycles. The molecular weight excluding hydrogens is 370 g/mol. The first-order valence-corrected chi connectivity index (χ1v) is 10.5. The maximum atomic E-state index is 13.5. The number of fused-ring (bicyclic) bond motifs is 1. The summed E-state index contributed by atoms with van der Waals surface area (Å²) in [6, 6.07) is 1.94. The van der Waals surface area contributed by atoms with Gasteiger partial charge >= 0.3 is 5.97 Å². The van der Waals surface area contributed by atoms with Gasteiger partial charge in [0, 0.05) is 31.1 Å². The van der Waals surface area contributed by atoms with E-state index in [2.05, 4.69) is 30.9 Å². The third kappa shape index (κ3) is 4.43. The molecule has 0 radical (unpaired) electrons. The number of aliphatic carboxylic acids is 1. The van der Waals surface area contributed by atoms with Crippen LogP contribution in [0.2, 0.25) is 0 Å². The molecule has 2 fully saturated rings. The molecule has 4 rings (SSSR count). The van der Waals surface area contributed by atoms with Crippen LogP contribution >= 0.6 is 0 Å². The topological polar surface area (TPSA) is 96.5 Å². The minimum Gasteiger partial charge on any atom is -0.481 e. The van der Waals surface area contributed by atoms with Crippen molar-refractivity contribution in [2.75, 3.05) is 13.1 Å². The Labute approximate surface area is 170 Å². The fourth-order valence-corrected chi connectivity index (χ4v) is 4.17. The molecule has 0 aromatic carbocycles. The minimum atomic E-state index is -0.768. The summed E-state index contributed by atoms with van der Waals surface area (Å²) in [6.45, 7) is 7.56. The number of hydrogen-bond donors (Lipinski definition) is 1. The van der Waals surface area contributed by atoms with E-state index in [1.807, 2.05) is 11.0 Å². The third-order valence-electron chi connectivity index (χ3n) is 5.83. The number of rotatable bonds is 5. The van der Waals surface area contributed by atoms with E-state index in [9.17, 15) is 9.59 Å². The third-order valence-corrected chi connectivity index (χ3v) is 5.83. The first-order valence-electron chi connectivity index (χ1n) is 10.5. The lowest BCUT2D eigenvalue weighted by Gasteiger charge is -2.31. The maximum absolute atomic E-state index is 13.5. The van der Waals surface area contributed by atoms with Crippen molar-refractivity contribution in [3.05, 3.63) is 23.0 Å². The molecule has 3 heterocycles. The molecule has 0 spiro atoms. The molecule has 7 heteroatoms. The zero-order valence-electron chi connectivity index (χ0n) is 17.4. The minimum absolute atomic E-state index is 0.00840. The Bertz CT molecular complexity index is 931. The lowest BCUT2D eigenvalue weighted by Crippen LogP contribution is -2.39. The fourth-order valence-electron chi connectivity index (χ4n) is 4.17. The van der Waals surface area contributed by atoms with Gasteiger partial charge in [-0.3, -0.25) is 9.59 Å². The van der Waals surface area contributed by atoms with Gasteiger partial charge < -0.3 is 14.5 Å². The predicted molar refractivity (Wildman–Crippen MR) is 108 cm³/mol. The zero-order valence-corrected chi connectivity index (χ0v) is 17.4. The van der Waals surface area contributed by atoms with Gasteiger partial charge in [0.15, 0.2) is 0 Å². The van der Waals surface area contributed by atoms with E-state index in [4.69, 9.17) is 9.63 Å². The van der Waals surface area contributed by atoms with Gasteiger partial charge in [-0.15, -0.1) is 0 Å². The van der Waals surface area contributed by atoms with E-state index >= 15 is 0 Å². The highest BCUT2D eigenvalue weighted by atomic mass is 16.5. The zero-order chi connectivity index (χ0) is 20.8. The summed E-state index contributed by atoms with van der Waals surface area (Å²) in [5.41, 5.74) is 2.80. The van der Waals surface area contributed by atoms with Crippen LogP contribution in [0.3, 0.4) is 0 Å². The summed E-state index contributed by atoms with van der Waals surface area (Å²) in [6.07, 6.45) is 4.51. The number of nitrogens with zero attached hydrogens (tertiary/aromatic N) is 3. The van der Waals surface area contributed by atoms with Gasteiger partial charge in [-0.1, -0.05) is 25.9 Å². The van der Waals surface area contributed by atoms with Crippen LogP contribution in [0, 0.1) is 11.3 Å². The van der Waals surface area contributed by atoms with Crippen LogP contribution in [0.5, 0.6) is 0 Å². The molecule has 2 aliphatic rings. The highest BCUT2D eigenvalue weighted by molar-refractivity contribution is 6.06. The molecule has 2 aromatic rings. The molecule has 1 aliphatic carbocycles. The molecule has 1 aliphatic heterocycles. The normalized spacial score (nSPS) is 18.4. The highest BCUT2D eigenvalue weighted by Crippen LogP contribution is 2.41. The molecule has 1 amide bonds. The molecule has 1 saturated carbocycles. The number of pyridine rings is 1. The molecule has 0 bridgehead atoms. The predicted octanol–water partition coefficient (Wildman–Crippen LogP) is 4.02. The van der Waals surface area contributed by atoms with Crippen LogP contribution < -0.4 is 0 Å². The van der Waals surface area contributed by atoms with Gasteiger partial charge in [0.2, 0.25) is 0 Å². The summed E-state index contributed by atoms with van der Waals surface area (Å²) < 4.78 is 5.56. The molecule has 7 nitrogen and oxygen atoms in total. The first-order chi connectivity index (χ1) is 13.7. The second-order valence-electron chi connectivity index (χ2n) is 9.75. The Balaban J connectivity index is 1.65. The van der Waals surface area contributed by atoms with Gasteiger partial charge in [-0.2, -0.15) is 0 Å². The van der Waals surface area contributed by atoms with Crippen molar-refractivity contribution in [2.45, 2.75) is 65.2 Å². The Morgan fingerprint density at radius 2 is 1.90 bits per heavy atom. The summed E-state index contributed by atoms with van der Waals surface area (Å²) in [5, 5.41) is 14.0. The van der Waals surface area contributed by atoms with E-state index in [1.165, 1.54) is 0 Å². The van der Waals surface area contributed by atoms with Crippen molar-refractivity contribution >= 4 is 23.0 Å². The molecule has 2 aromatic heterocycles. The number of likely N-dealkylation sites (tertiary alicyclic amines) is 1. The highest BCUT2D eigenvalue weighted by Gasteiger charge is 2.32. The summed E-state index contributed by atoms with van der Waals surface area (Å²) in [5.74, 6) is -0.242. The molecule has 156 valence electrons. The number of piperidine rings is 1. The number of carbonyl (C=O) groups is 2. The number of aromatic nitrogens is 2. The molecule has 1 N–H and O–H groups in total. The number of amides is 1. The summed E-state index contributed by atoms with van der Waals surface area (Å²) in [7, 11) is 0. The standard InChI is InChI=1S/C22H29N3O4/c1-22(2,3)12-17-19-15(11-16(14-4-5-14)23-20(19)29-24-17)21(28)25-8-6-13(7-9-25)10-18(26)27/h11,13-14H,4-10,12H2,1-3H3,(H,26,27). The van der Waals surface area contributed by atoms with Crippen LogP contribution in [0.1, 0.15) is 80.5 Å². The van der Waals surface area contributed by atoms with E-state index in [0.717, 1.165) is 42.5 Å². The van der Waals surface area contributed by atoms with Crippen molar-refractivity contribution in [3.63, 3.8) is 0 Å². The number of carboxylic acid groups (broad SMARTS) is 1. The lowest BCUT2D eigenvalue weighted by atomic mass is 9.89. The summed E-state index contributed by atoms with van der Waals surface area (Å²) in [4.78, 5) is 30.9. The van der Waals surface area contributed by atoms with Crippen molar-refractivity contribution in [2.24, 2.45) is 11.3 Å². The van der Waals surface area contributed by atoms with E-state index in [-0.39, 0.29) is 23.7 Å². The van der Waals surface area contributed by atoms with E-state index in [0.29, 0.717) is 36.7 Å². The van der Waals surface area contributed by atoms with E-state index < -0.39 is 5.97 Å². The smallest absolute Gasteiger partial charge is 0.303 e. The Morgan fingerprint density at radius 3 is 2.48 bits per heavy atom. The molecule has 0 atom stereocenters. The number of hydrogen-bond acceptors (Lipinski definition) is 5. The van der Waals surface area contributed by atoms with Crippen LogP contribution in [-0.4, -0.2) is 45.1 Å². The molecule has 29 heavy (non-hydrogen) atoms. The fraction of sp³-hybridized carbons (Fsp3) is 0.636. The van der Waals surface area contributed by atoms with Crippen molar-refractivity contribution in [1.29, 1.82) is 0 Å². The number of carbonyl (C=O) groups excluding carboxylic acids is 1. The first kappa shape index (κ1) is 19.9. The second-order valence-corrected chi connectivity index (χ2v) is 9.75. The molecular formula is C22H29N3O4. The van der Waals surface area contributed by atoms with Crippen LogP contribution in [0.25, 0.3) is 11.1 Å². The summed E-state index contributed by atoms with van der Waals surface area (Å²) >= 11 is 0. The Kier molecular flexibility index (Phi) is 5.09. The van der Waals surface area contributed by atoms with Gasteiger partial charge in [0.25, 0.3) is 11.6 Å². The average molecular weight is 399 g/mol. The maximum Gasteiger partial charge on any atom is 0.303 e. The van der Waals surface area contributed by atoms with Crippen LogP contribution in [0.15, 0.2) is 10.6 Å². The van der Waals surface area contributed by atoms with Gasteiger partial charge in [0.05, 0.1) is 16.6 Å². The van der Waals surface area contributed by atoms with Crippen LogP contribution in [0.4, 0.5) is 0 Å². The van der Waals surface area contributed by atoms with Crippen molar-refractivity contribution in [3.8, 4) is 0 Å². The van der Waals surface area contributed by atoms with Gasteiger partial charge in [-0.25, -0.2) is 4.98 Å².